The number of aromatic nitrogens is 2. The van der Waals surface area contributed by atoms with E-state index in [4.69, 9.17) is 4.74 Å². The van der Waals surface area contributed by atoms with Crippen molar-refractivity contribution in [2.75, 3.05) is 26.7 Å². The highest BCUT2D eigenvalue weighted by Crippen LogP contribution is 2.18. The summed E-state index contributed by atoms with van der Waals surface area (Å²) in [6.07, 6.45) is 5.85. The molecule has 0 aromatic carbocycles. The van der Waals surface area contributed by atoms with Gasteiger partial charge < -0.3 is 9.64 Å². The molecule has 0 radical (unpaired) electrons. The van der Waals surface area contributed by atoms with E-state index in [2.05, 4.69) is 23.8 Å². The van der Waals surface area contributed by atoms with Gasteiger partial charge >= 0.3 is 0 Å². The van der Waals surface area contributed by atoms with Crippen LogP contribution in [0.4, 0.5) is 0 Å². The Morgan fingerprint density at radius 1 is 1.40 bits per heavy atom. The second-order valence-corrected chi connectivity index (χ2v) is 7.67. The van der Waals surface area contributed by atoms with E-state index in [0.717, 1.165) is 64.2 Å². The molecule has 1 atom stereocenters. The van der Waals surface area contributed by atoms with Crippen molar-refractivity contribution < 1.29 is 9.53 Å². The third-order valence-corrected chi connectivity index (χ3v) is 5.38. The molecule has 140 valence electrons. The van der Waals surface area contributed by atoms with Crippen molar-refractivity contribution in [1.29, 1.82) is 0 Å². The van der Waals surface area contributed by atoms with Gasteiger partial charge in [-0.25, -0.2) is 0 Å². The Morgan fingerprint density at radius 2 is 2.24 bits per heavy atom. The van der Waals surface area contributed by atoms with E-state index in [1.54, 1.807) is 4.90 Å². The van der Waals surface area contributed by atoms with Crippen LogP contribution in [0.2, 0.25) is 0 Å². The van der Waals surface area contributed by atoms with E-state index in [0.29, 0.717) is 17.8 Å². The SMILES string of the molecule is CC(C)N1CCCn2nc(C(=O)N(C)CCC[C@@H]3CCCO3)cc2C1. The zero-order valence-electron chi connectivity index (χ0n) is 15.9. The third kappa shape index (κ3) is 4.61. The summed E-state index contributed by atoms with van der Waals surface area (Å²) in [7, 11) is 1.88. The van der Waals surface area contributed by atoms with Crippen molar-refractivity contribution >= 4 is 5.91 Å². The second-order valence-electron chi connectivity index (χ2n) is 7.67. The Morgan fingerprint density at radius 3 is 2.96 bits per heavy atom. The predicted octanol–water partition coefficient (Wildman–Crippen LogP) is 2.53. The molecule has 1 fully saturated rings. The Labute approximate surface area is 151 Å². The van der Waals surface area contributed by atoms with Crippen LogP contribution in [0, 0.1) is 0 Å². The Hall–Kier alpha value is -1.40. The lowest BCUT2D eigenvalue weighted by Crippen LogP contribution is -2.30. The molecule has 0 unspecified atom stereocenters. The van der Waals surface area contributed by atoms with Gasteiger partial charge in [0.1, 0.15) is 0 Å². The lowest BCUT2D eigenvalue weighted by atomic mass is 10.1. The van der Waals surface area contributed by atoms with Crippen LogP contribution in [-0.4, -0.2) is 64.4 Å². The van der Waals surface area contributed by atoms with Crippen LogP contribution in [0.1, 0.15) is 62.1 Å². The number of hydrogen-bond donors (Lipinski definition) is 0. The first kappa shape index (κ1) is 18.4. The molecule has 6 heteroatoms. The van der Waals surface area contributed by atoms with E-state index >= 15 is 0 Å². The van der Waals surface area contributed by atoms with Crippen LogP contribution in [0.3, 0.4) is 0 Å². The lowest BCUT2D eigenvalue weighted by Gasteiger charge is -2.23. The molecule has 1 saturated heterocycles. The van der Waals surface area contributed by atoms with Crippen molar-refractivity contribution in [3.63, 3.8) is 0 Å². The Bertz CT molecular complexity index is 578. The standard InChI is InChI=1S/C19H32N4O2/c1-15(2)22-10-6-11-23-16(14-22)13-18(20-23)19(24)21(3)9-4-7-17-8-5-12-25-17/h13,15,17H,4-12,14H2,1-3H3/t17-/m1/s1. The fraction of sp³-hybridized carbons (Fsp3) is 0.789. The van der Waals surface area contributed by atoms with Crippen LogP contribution in [-0.2, 0) is 17.8 Å². The van der Waals surface area contributed by atoms with Crippen molar-refractivity contribution in [1.82, 2.24) is 19.6 Å². The summed E-state index contributed by atoms with van der Waals surface area (Å²) in [6.45, 7) is 8.97. The van der Waals surface area contributed by atoms with Gasteiger partial charge in [-0.2, -0.15) is 5.10 Å². The molecule has 1 aromatic heterocycles. The van der Waals surface area contributed by atoms with Crippen LogP contribution in [0.5, 0.6) is 0 Å². The third-order valence-electron chi connectivity index (χ3n) is 5.38. The number of nitrogens with zero attached hydrogens (tertiary/aromatic N) is 4. The van der Waals surface area contributed by atoms with Gasteiger partial charge in [-0.3, -0.25) is 14.4 Å². The van der Waals surface area contributed by atoms with Gasteiger partial charge in [0.15, 0.2) is 5.69 Å². The van der Waals surface area contributed by atoms with Gasteiger partial charge in [-0.1, -0.05) is 0 Å². The van der Waals surface area contributed by atoms with Crippen molar-refractivity contribution in [3.05, 3.63) is 17.5 Å². The average molecular weight is 348 g/mol. The van der Waals surface area contributed by atoms with Gasteiger partial charge in [-0.05, 0) is 52.0 Å². The van der Waals surface area contributed by atoms with E-state index in [9.17, 15) is 4.79 Å². The summed E-state index contributed by atoms with van der Waals surface area (Å²) >= 11 is 0. The minimum atomic E-state index is 0.0315. The molecular weight excluding hydrogens is 316 g/mol. The lowest BCUT2D eigenvalue weighted by molar-refractivity contribution is 0.0757. The zero-order chi connectivity index (χ0) is 17.8. The van der Waals surface area contributed by atoms with Gasteiger partial charge in [0, 0.05) is 45.9 Å². The molecule has 2 aliphatic heterocycles. The molecule has 0 bridgehead atoms. The number of carbonyl (C=O) groups excluding carboxylic acids is 1. The van der Waals surface area contributed by atoms with Crippen molar-refractivity contribution in [3.8, 4) is 0 Å². The molecule has 0 aliphatic carbocycles. The molecule has 3 rings (SSSR count). The minimum Gasteiger partial charge on any atom is -0.378 e. The van der Waals surface area contributed by atoms with E-state index in [-0.39, 0.29) is 5.91 Å². The highest BCUT2D eigenvalue weighted by atomic mass is 16.5. The monoisotopic (exact) mass is 348 g/mol. The number of amides is 1. The number of ether oxygens (including phenoxy) is 1. The van der Waals surface area contributed by atoms with Crippen LogP contribution < -0.4 is 0 Å². The molecule has 25 heavy (non-hydrogen) atoms. The van der Waals surface area contributed by atoms with Crippen LogP contribution in [0.25, 0.3) is 0 Å². The van der Waals surface area contributed by atoms with Gasteiger partial charge in [0.25, 0.3) is 5.91 Å². The summed E-state index contributed by atoms with van der Waals surface area (Å²) in [5.41, 5.74) is 1.74. The molecule has 0 N–H and O–H groups in total. The van der Waals surface area contributed by atoms with Gasteiger partial charge in [0.05, 0.1) is 11.8 Å². The maximum absolute atomic E-state index is 12.7. The molecule has 0 spiro atoms. The summed E-state index contributed by atoms with van der Waals surface area (Å²) in [5, 5.41) is 4.59. The molecule has 0 saturated carbocycles. The summed E-state index contributed by atoms with van der Waals surface area (Å²) in [4.78, 5) is 16.9. The Balaban J connectivity index is 1.56. The maximum Gasteiger partial charge on any atom is 0.274 e. The fourth-order valence-electron chi connectivity index (χ4n) is 3.76. The second kappa shape index (κ2) is 8.32. The molecule has 2 aliphatic rings. The normalized spacial score (nSPS) is 21.4. The number of rotatable bonds is 6. The van der Waals surface area contributed by atoms with E-state index < -0.39 is 0 Å². The van der Waals surface area contributed by atoms with E-state index in [1.807, 2.05) is 17.8 Å². The fourth-order valence-corrected chi connectivity index (χ4v) is 3.76. The summed E-state index contributed by atoms with van der Waals surface area (Å²) < 4.78 is 7.68. The average Bonchev–Trinajstić information content (AvgIpc) is 3.19. The first-order chi connectivity index (χ1) is 12.0. The smallest absolute Gasteiger partial charge is 0.274 e. The Kier molecular flexibility index (Phi) is 6.12. The number of carbonyl (C=O) groups is 1. The molecule has 1 amide bonds. The van der Waals surface area contributed by atoms with Crippen LogP contribution >= 0.6 is 0 Å². The first-order valence-electron chi connectivity index (χ1n) is 9.72. The molecular formula is C19H32N4O2. The molecule has 3 heterocycles. The van der Waals surface area contributed by atoms with Crippen molar-refractivity contribution in [2.24, 2.45) is 0 Å². The minimum absolute atomic E-state index is 0.0315. The quantitative estimate of drug-likeness (QED) is 0.793. The van der Waals surface area contributed by atoms with E-state index in [1.165, 1.54) is 6.42 Å². The zero-order valence-corrected chi connectivity index (χ0v) is 15.9. The molecule has 6 nitrogen and oxygen atoms in total. The van der Waals surface area contributed by atoms with Crippen LogP contribution in [0.15, 0.2) is 6.07 Å². The molecule has 1 aromatic rings. The largest absolute Gasteiger partial charge is 0.378 e. The number of fused-ring (bicyclic) bond motifs is 1. The predicted molar refractivity (Wildman–Crippen MR) is 97.6 cm³/mol. The maximum atomic E-state index is 12.7. The highest BCUT2D eigenvalue weighted by molar-refractivity contribution is 5.92. The number of aryl methyl sites for hydroxylation is 1. The van der Waals surface area contributed by atoms with Crippen molar-refractivity contribution in [2.45, 2.75) is 71.2 Å². The van der Waals surface area contributed by atoms with Gasteiger partial charge in [0.2, 0.25) is 0 Å². The van der Waals surface area contributed by atoms with Gasteiger partial charge in [-0.15, -0.1) is 0 Å². The highest BCUT2D eigenvalue weighted by Gasteiger charge is 2.22. The summed E-state index contributed by atoms with van der Waals surface area (Å²) in [6, 6.07) is 2.50. The first-order valence-corrected chi connectivity index (χ1v) is 9.72. The topological polar surface area (TPSA) is 50.6 Å². The summed E-state index contributed by atoms with van der Waals surface area (Å²) in [5.74, 6) is 0.0315. The number of hydrogen-bond acceptors (Lipinski definition) is 4.